The molecule has 4 nitrogen and oxygen atoms in total. The predicted molar refractivity (Wildman–Crippen MR) is 141 cm³/mol. The Labute approximate surface area is 201 Å². The van der Waals surface area contributed by atoms with Gasteiger partial charge in [0.2, 0.25) is 0 Å². The van der Waals surface area contributed by atoms with E-state index in [2.05, 4.69) is 83.6 Å². The van der Waals surface area contributed by atoms with Crippen molar-refractivity contribution < 1.29 is 0 Å². The fourth-order valence-corrected chi connectivity index (χ4v) is 3.86. The van der Waals surface area contributed by atoms with Gasteiger partial charge in [-0.3, -0.25) is 0 Å². The molecule has 0 radical (unpaired) electrons. The van der Waals surface area contributed by atoms with Crippen LogP contribution in [0.3, 0.4) is 0 Å². The van der Waals surface area contributed by atoms with Crippen LogP contribution in [-0.4, -0.2) is 10.2 Å². The number of hydrogen-bond acceptors (Lipinski definition) is 2. The number of benzene rings is 3. The van der Waals surface area contributed by atoms with Crippen LogP contribution in [0.25, 0.3) is 0 Å². The van der Waals surface area contributed by atoms with E-state index in [4.69, 9.17) is 24.4 Å². The molecule has 4 N–H and O–H groups in total. The quantitative estimate of drug-likeness (QED) is 0.348. The molecule has 166 valence electrons. The maximum Gasteiger partial charge on any atom is 0.167 e. The Bertz CT molecular complexity index is 930. The smallest absolute Gasteiger partial charge is 0.167 e. The monoisotopic (exact) mass is 462 g/mol. The number of nitrogens with one attached hydrogen (secondary N) is 4. The van der Waals surface area contributed by atoms with E-state index in [1.54, 1.807) is 0 Å². The highest BCUT2D eigenvalue weighted by Crippen LogP contribution is 2.12. The zero-order valence-electron chi connectivity index (χ0n) is 18.5. The molecule has 0 saturated heterocycles. The van der Waals surface area contributed by atoms with Crippen LogP contribution in [0.4, 0.5) is 0 Å². The molecule has 32 heavy (non-hydrogen) atoms. The van der Waals surface area contributed by atoms with Crippen LogP contribution in [0.5, 0.6) is 0 Å². The Morgan fingerprint density at radius 1 is 0.625 bits per heavy atom. The molecular weight excluding hydrogens is 432 g/mol. The summed E-state index contributed by atoms with van der Waals surface area (Å²) in [4.78, 5) is 0. The van der Waals surface area contributed by atoms with Gasteiger partial charge in [-0.15, -0.1) is 0 Å². The van der Waals surface area contributed by atoms with E-state index < -0.39 is 0 Å². The molecule has 0 spiro atoms. The van der Waals surface area contributed by atoms with Crippen molar-refractivity contribution in [3.8, 4) is 0 Å². The number of hydrogen-bond donors (Lipinski definition) is 4. The average molecular weight is 463 g/mol. The molecule has 0 aliphatic carbocycles. The minimum atomic E-state index is 0.151. The molecule has 0 fully saturated rings. The van der Waals surface area contributed by atoms with Gasteiger partial charge in [-0.2, -0.15) is 0 Å². The molecule has 0 amide bonds. The van der Waals surface area contributed by atoms with Crippen molar-refractivity contribution in [1.29, 1.82) is 0 Å². The van der Waals surface area contributed by atoms with Crippen LogP contribution >= 0.6 is 24.4 Å². The Kier molecular flexibility index (Phi) is 9.01. The van der Waals surface area contributed by atoms with E-state index >= 15 is 0 Å². The zero-order chi connectivity index (χ0) is 22.8. The largest absolute Gasteiger partial charge is 0.359 e. The van der Waals surface area contributed by atoms with Crippen molar-refractivity contribution in [1.82, 2.24) is 21.3 Å². The topological polar surface area (TPSA) is 48.1 Å². The first-order valence-electron chi connectivity index (χ1n) is 10.8. The SMILES string of the molecule is C[C@H](NC(=S)NCc1cccc(CNC(=S)N[C@@H](C)c2ccccc2)c1)c1ccccc1. The molecule has 0 heterocycles. The molecule has 0 aliphatic rings. The third kappa shape index (κ3) is 7.62. The summed E-state index contributed by atoms with van der Waals surface area (Å²) in [7, 11) is 0. The molecule has 0 unspecified atom stereocenters. The molecule has 0 aromatic heterocycles. The molecule has 0 bridgehead atoms. The van der Waals surface area contributed by atoms with E-state index in [1.165, 1.54) is 11.1 Å². The minimum Gasteiger partial charge on any atom is -0.359 e. The summed E-state index contributed by atoms with van der Waals surface area (Å²) in [5.74, 6) is 0. The first-order chi connectivity index (χ1) is 15.5. The highest BCUT2D eigenvalue weighted by Gasteiger charge is 2.08. The third-order valence-electron chi connectivity index (χ3n) is 5.19. The van der Waals surface area contributed by atoms with Gasteiger partial charge in [0, 0.05) is 13.1 Å². The van der Waals surface area contributed by atoms with Gasteiger partial charge in [-0.05, 0) is 60.5 Å². The van der Waals surface area contributed by atoms with Crippen molar-refractivity contribution >= 4 is 34.7 Å². The van der Waals surface area contributed by atoms with E-state index in [0.29, 0.717) is 23.3 Å². The fourth-order valence-electron chi connectivity index (χ4n) is 3.36. The summed E-state index contributed by atoms with van der Waals surface area (Å²) < 4.78 is 0. The second kappa shape index (κ2) is 12.2. The molecule has 6 heteroatoms. The Morgan fingerprint density at radius 3 is 1.44 bits per heavy atom. The lowest BCUT2D eigenvalue weighted by Crippen LogP contribution is -2.36. The maximum atomic E-state index is 5.47. The van der Waals surface area contributed by atoms with Crippen LogP contribution in [-0.2, 0) is 13.1 Å². The van der Waals surface area contributed by atoms with Gasteiger partial charge in [0.1, 0.15) is 0 Å². The summed E-state index contributed by atoms with van der Waals surface area (Å²) in [6, 6.07) is 29.2. The van der Waals surface area contributed by atoms with Crippen molar-refractivity contribution in [2.45, 2.75) is 39.0 Å². The summed E-state index contributed by atoms with van der Waals surface area (Å²) in [5, 5.41) is 14.6. The molecule has 3 aromatic carbocycles. The van der Waals surface area contributed by atoms with Crippen molar-refractivity contribution in [2.75, 3.05) is 0 Å². The lowest BCUT2D eigenvalue weighted by atomic mass is 10.1. The van der Waals surface area contributed by atoms with Crippen molar-refractivity contribution in [3.63, 3.8) is 0 Å². The van der Waals surface area contributed by atoms with Crippen LogP contribution in [0.2, 0.25) is 0 Å². The summed E-state index contributed by atoms with van der Waals surface area (Å²) in [6.45, 7) is 5.53. The standard InChI is InChI=1S/C26H30N4S2/c1-19(23-12-5-3-6-13-23)29-25(31)27-17-21-10-9-11-22(16-21)18-28-26(32)30-20(2)24-14-7-4-8-15-24/h3-16,19-20H,17-18H2,1-2H3,(H2,27,29,31)(H2,28,30,32)/t19-,20-/m0/s1. The second-order valence-corrected chi connectivity index (χ2v) is 8.56. The molecule has 3 aromatic rings. The van der Waals surface area contributed by atoms with Gasteiger partial charge in [0.05, 0.1) is 12.1 Å². The van der Waals surface area contributed by atoms with Gasteiger partial charge < -0.3 is 21.3 Å². The first kappa shape index (κ1) is 23.7. The zero-order valence-corrected chi connectivity index (χ0v) is 20.1. The predicted octanol–water partition coefficient (Wildman–Crippen LogP) is 5.14. The first-order valence-corrected chi connectivity index (χ1v) is 11.6. The van der Waals surface area contributed by atoms with Crippen molar-refractivity contribution in [2.24, 2.45) is 0 Å². The third-order valence-corrected chi connectivity index (χ3v) is 5.72. The molecular formula is C26H30N4S2. The normalized spacial score (nSPS) is 12.3. The Hall–Kier alpha value is -2.96. The summed E-state index contributed by atoms with van der Waals surface area (Å²) in [5.41, 5.74) is 4.74. The van der Waals surface area contributed by atoms with E-state index in [1.807, 2.05) is 36.4 Å². The minimum absolute atomic E-state index is 0.151. The highest BCUT2D eigenvalue weighted by molar-refractivity contribution is 7.80. The fraction of sp³-hybridized carbons (Fsp3) is 0.231. The van der Waals surface area contributed by atoms with Crippen LogP contribution in [0.1, 0.15) is 48.2 Å². The average Bonchev–Trinajstić information content (AvgIpc) is 2.83. The van der Waals surface area contributed by atoms with Gasteiger partial charge in [-0.1, -0.05) is 84.9 Å². The molecule has 0 saturated carbocycles. The van der Waals surface area contributed by atoms with Crippen LogP contribution in [0, 0.1) is 0 Å². The van der Waals surface area contributed by atoms with E-state index in [-0.39, 0.29) is 12.1 Å². The van der Waals surface area contributed by atoms with Crippen LogP contribution in [0.15, 0.2) is 84.9 Å². The molecule has 3 rings (SSSR count). The summed E-state index contributed by atoms with van der Waals surface area (Å²) >= 11 is 10.9. The lowest BCUT2D eigenvalue weighted by molar-refractivity contribution is 0.696. The summed E-state index contributed by atoms with van der Waals surface area (Å²) in [6.07, 6.45) is 0. The van der Waals surface area contributed by atoms with Crippen LogP contribution < -0.4 is 21.3 Å². The van der Waals surface area contributed by atoms with Gasteiger partial charge >= 0.3 is 0 Å². The Balaban J connectivity index is 1.43. The molecule has 2 atom stereocenters. The maximum absolute atomic E-state index is 5.47. The number of thiocarbonyl (C=S) groups is 2. The van der Waals surface area contributed by atoms with Crippen molar-refractivity contribution in [3.05, 3.63) is 107 Å². The van der Waals surface area contributed by atoms with Gasteiger partial charge in [0.25, 0.3) is 0 Å². The van der Waals surface area contributed by atoms with E-state index in [0.717, 1.165) is 11.1 Å². The van der Waals surface area contributed by atoms with Gasteiger partial charge in [-0.25, -0.2) is 0 Å². The number of rotatable bonds is 8. The highest BCUT2D eigenvalue weighted by atomic mass is 32.1. The lowest BCUT2D eigenvalue weighted by Gasteiger charge is -2.18. The Morgan fingerprint density at radius 2 is 1.03 bits per heavy atom. The molecule has 0 aliphatic heterocycles. The second-order valence-electron chi connectivity index (χ2n) is 7.74. The van der Waals surface area contributed by atoms with E-state index in [9.17, 15) is 0 Å². The van der Waals surface area contributed by atoms with Gasteiger partial charge in [0.15, 0.2) is 10.2 Å².